The zero-order valence-electron chi connectivity index (χ0n) is 11.5. The van der Waals surface area contributed by atoms with Gasteiger partial charge in [-0.3, -0.25) is 4.72 Å². The Balaban J connectivity index is 2.36. The number of methoxy groups -OCH3 is 1. The van der Waals surface area contributed by atoms with Crippen molar-refractivity contribution in [1.82, 2.24) is 4.98 Å². The maximum absolute atomic E-state index is 12.3. The molecule has 0 aliphatic heterocycles. The molecular weight excluding hydrogens is 276 g/mol. The maximum atomic E-state index is 12.3. The van der Waals surface area contributed by atoms with E-state index in [2.05, 4.69) is 9.71 Å². The van der Waals surface area contributed by atoms with Gasteiger partial charge in [-0.15, -0.1) is 0 Å². The molecule has 2 aromatic rings. The van der Waals surface area contributed by atoms with Crippen molar-refractivity contribution in [3.8, 4) is 5.75 Å². The molecule has 5 nitrogen and oxygen atoms in total. The van der Waals surface area contributed by atoms with E-state index in [1.165, 1.54) is 6.07 Å². The second-order valence-corrected chi connectivity index (χ2v) is 6.09. The first kappa shape index (κ1) is 14.3. The van der Waals surface area contributed by atoms with Crippen LogP contribution in [0.25, 0.3) is 0 Å². The van der Waals surface area contributed by atoms with Gasteiger partial charge in [-0.05, 0) is 49.2 Å². The second-order valence-electron chi connectivity index (χ2n) is 4.41. The molecule has 0 atom stereocenters. The summed E-state index contributed by atoms with van der Waals surface area (Å²) in [5, 5.41) is 0. The van der Waals surface area contributed by atoms with Crippen LogP contribution in [0, 0.1) is 13.8 Å². The van der Waals surface area contributed by atoms with E-state index in [9.17, 15) is 8.42 Å². The van der Waals surface area contributed by atoms with Gasteiger partial charge >= 0.3 is 0 Å². The fourth-order valence-electron chi connectivity index (χ4n) is 1.80. The number of anilines is 1. The lowest BCUT2D eigenvalue weighted by molar-refractivity contribution is 0.411. The van der Waals surface area contributed by atoms with Gasteiger partial charge in [-0.25, -0.2) is 13.4 Å². The topological polar surface area (TPSA) is 68.3 Å². The molecule has 1 aromatic heterocycles. The summed E-state index contributed by atoms with van der Waals surface area (Å²) >= 11 is 0. The largest absolute Gasteiger partial charge is 0.496 e. The lowest BCUT2D eigenvalue weighted by Gasteiger charge is -2.11. The molecule has 0 aliphatic rings. The summed E-state index contributed by atoms with van der Waals surface area (Å²) in [5.74, 6) is 0.985. The van der Waals surface area contributed by atoms with Gasteiger partial charge in [-0.2, -0.15) is 0 Å². The van der Waals surface area contributed by atoms with Crippen molar-refractivity contribution in [2.24, 2.45) is 0 Å². The molecule has 0 unspecified atom stereocenters. The molecule has 0 fully saturated rings. The van der Waals surface area contributed by atoms with Gasteiger partial charge in [0.05, 0.1) is 12.0 Å². The summed E-state index contributed by atoms with van der Waals surface area (Å²) in [5.41, 5.74) is 1.52. The molecule has 20 heavy (non-hydrogen) atoms. The molecule has 0 saturated heterocycles. The van der Waals surface area contributed by atoms with Crippen LogP contribution in [0.5, 0.6) is 5.75 Å². The molecule has 0 spiro atoms. The molecule has 0 bridgehead atoms. The second kappa shape index (κ2) is 5.50. The predicted octanol–water partition coefficient (Wildman–Crippen LogP) is 2.51. The number of hydrogen-bond acceptors (Lipinski definition) is 4. The molecule has 0 saturated carbocycles. The van der Waals surface area contributed by atoms with Crippen LogP contribution in [0.1, 0.15) is 11.1 Å². The number of ether oxygens (including phenoxy) is 1. The molecule has 0 amide bonds. The Hall–Kier alpha value is -2.08. The Morgan fingerprint density at radius 2 is 1.90 bits per heavy atom. The minimum atomic E-state index is -3.65. The first-order valence-electron chi connectivity index (χ1n) is 6.03. The SMILES string of the molecule is COc1ccc(S(=O)(=O)Nc2ncccc2C)cc1C. The lowest BCUT2D eigenvalue weighted by atomic mass is 10.2. The standard InChI is InChI=1S/C14H16N2O3S/c1-10-5-4-8-15-14(10)16-20(17,18)12-6-7-13(19-3)11(2)9-12/h4-9H,1-3H3,(H,15,16). The van der Waals surface area contributed by atoms with E-state index >= 15 is 0 Å². The minimum Gasteiger partial charge on any atom is -0.496 e. The zero-order chi connectivity index (χ0) is 14.8. The summed E-state index contributed by atoms with van der Waals surface area (Å²) in [4.78, 5) is 4.21. The van der Waals surface area contributed by atoms with E-state index in [1.54, 1.807) is 51.4 Å². The van der Waals surface area contributed by atoms with Crippen LogP contribution in [0.2, 0.25) is 0 Å². The summed E-state index contributed by atoms with van der Waals surface area (Å²) in [6.45, 7) is 3.59. The summed E-state index contributed by atoms with van der Waals surface area (Å²) in [6, 6.07) is 8.26. The van der Waals surface area contributed by atoms with Gasteiger partial charge in [-0.1, -0.05) is 6.07 Å². The van der Waals surface area contributed by atoms with Crippen molar-refractivity contribution in [3.63, 3.8) is 0 Å². The first-order valence-corrected chi connectivity index (χ1v) is 7.51. The predicted molar refractivity (Wildman–Crippen MR) is 77.5 cm³/mol. The third-order valence-electron chi connectivity index (χ3n) is 2.92. The van der Waals surface area contributed by atoms with Crippen molar-refractivity contribution in [3.05, 3.63) is 47.7 Å². The van der Waals surface area contributed by atoms with Gasteiger partial charge in [0.25, 0.3) is 10.0 Å². The smallest absolute Gasteiger partial charge is 0.263 e. The van der Waals surface area contributed by atoms with Crippen molar-refractivity contribution in [2.45, 2.75) is 18.7 Å². The highest BCUT2D eigenvalue weighted by molar-refractivity contribution is 7.92. The Bertz CT molecular complexity index is 727. The van der Waals surface area contributed by atoms with E-state index in [0.29, 0.717) is 11.6 Å². The highest BCUT2D eigenvalue weighted by Gasteiger charge is 2.17. The number of aryl methyl sites for hydroxylation is 2. The normalized spacial score (nSPS) is 11.2. The fourth-order valence-corrected chi connectivity index (χ4v) is 2.96. The molecule has 2 rings (SSSR count). The molecular formula is C14H16N2O3S. The van der Waals surface area contributed by atoms with E-state index < -0.39 is 10.0 Å². The Kier molecular flexibility index (Phi) is 3.94. The average Bonchev–Trinajstić information content (AvgIpc) is 2.41. The highest BCUT2D eigenvalue weighted by atomic mass is 32.2. The first-order chi connectivity index (χ1) is 9.44. The van der Waals surface area contributed by atoms with Gasteiger partial charge in [0, 0.05) is 6.20 Å². The molecule has 0 radical (unpaired) electrons. The maximum Gasteiger partial charge on any atom is 0.263 e. The van der Waals surface area contributed by atoms with Crippen LogP contribution >= 0.6 is 0 Å². The third kappa shape index (κ3) is 2.91. The molecule has 1 aromatic carbocycles. The summed E-state index contributed by atoms with van der Waals surface area (Å²) < 4.78 is 32.2. The number of hydrogen-bond donors (Lipinski definition) is 1. The summed E-state index contributed by atoms with van der Waals surface area (Å²) in [6.07, 6.45) is 1.55. The van der Waals surface area contributed by atoms with Crippen LogP contribution in [-0.4, -0.2) is 20.5 Å². The van der Waals surface area contributed by atoms with Gasteiger partial charge in [0.2, 0.25) is 0 Å². The molecule has 0 aliphatic carbocycles. The number of aromatic nitrogens is 1. The van der Waals surface area contributed by atoms with Crippen LogP contribution < -0.4 is 9.46 Å². The van der Waals surface area contributed by atoms with Crippen molar-refractivity contribution < 1.29 is 13.2 Å². The monoisotopic (exact) mass is 292 g/mol. The zero-order valence-corrected chi connectivity index (χ0v) is 12.4. The molecule has 1 N–H and O–H groups in total. The van der Waals surface area contributed by atoms with Crippen LogP contribution in [0.3, 0.4) is 0 Å². The number of benzene rings is 1. The van der Waals surface area contributed by atoms with Gasteiger partial charge in [0.15, 0.2) is 0 Å². The fraction of sp³-hybridized carbons (Fsp3) is 0.214. The Morgan fingerprint density at radius 1 is 1.15 bits per heavy atom. The Labute approximate surface area is 118 Å². The third-order valence-corrected chi connectivity index (χ3v) is 4.25. The van der Waals surface area contributed by atoms with Crippen molar-refractivity contribution in [1.29, 1.82) is 0 Å². The number of rotatable bonds is 4. The lowest BCUT2D eigenvalue weighted by Crippen LogP contribution is -2.15. The van der Waals surface area contributed by atoms with Crippen molar-refractivity contribution >= 4 is 15.8 Å². The van der Waals surface area contributed by atoms with Gasteiger partial charge in [0.1, 0.15) is 11.6 Å². The number of pyridine rings is 1. The molecule has 1 heterocycles. The summed E-state index contributed by atoms with van der Waals surface area (Å²) in [7, 11) is -2.10. The van der Waals surface area contributed by atoms with Crippen LogP contribution in [0.4, 0.5) is 5.82 Å². The van der Waals surface area contributed by atoms with E-state index in [1.807, 2.05) is 0 Å². The average molecular weight is 292 g/mol. The minimum absolute atomic E-state index is 0.181. The molecule has 6 heteroatoms. The highest BCUT2D eigenvalue weighted by Crippen LogP contribution is 2.23. The Morgan fingerprint density at radius 3 is 2.50 bits per heavy atom. The number of sulfonamides is 1. The van der Waals surface area contributed by atoms with E-state index in [4.69, 9.17) is 4.74 Å². The van der Waals surface area contributed by atoms with Crippen LogP contribution in [-0.2, 0) is 10.0 Å². The van der Waals surface area contributed by atoms with E-state index in [-0.39, 0.29) is 4.90 Å². The van der Waals surface area contributed by atoms with Gasteiger partial charge < -0.3 is 4.74 Å². The van der Waals surface area contributed by atoms with Crippen molar-refractivity contribution in [2.75, 3.05) is 11.8 Å². The van der Waals surface area contributed by atoms with Crippen LogP contribution in [0.15, 0.2) is 41.4 Å². The number of nitrogens with one attached hydrogen (secondary N) is 1. The number of nitrogens with zero attached hydrogens (tertiary/aromatic N) is 1. The van der Waals surface area contributed by atoms with E-state index in [0.717, 1.165) is 11.1 Å². The molecule has 106 valence electrons. The quantitative estimate of drug-likeness (QED) is 0.940.